The largest absolute Gasteiger partial charge is 0.497 e. The quantitative estimate of drug-likeness (QED) is 0.115. The number of aromatic amines is 1. The highest BCUT2D eigenvalue weighted by Gasteiger charge is 2.43. The summed E-state index contributed by atoms with van der Waals surface area (Å²) >= 11 is 0. The zero-order valence-corrected chi connectivity index (χ0v) is 31.4. The van der Waals surface area contributed by atoms with Gasteiger partial charge >= 0.3 is 6.18 Å². The predicted molar refractivity (Wildman–Crippen MR) is 202 cm³/mol. The molecule has 0 radical (unpaired) electrons. The molecule has 3 N–H and O–H groups in total. The highest BCUT2D eigenvalue weighted by atomic mass is 32.2. The molecule has 0 aliphatic rings. The number of hydrogen-bond donors (Lipinski definition) is 2. The minimum atomic E-state index is -5.21. The van der Waals surface area contributed by atoms with Crippen LogP contribution in [0.2, 0.25) is 0 Å². The first-order valence-electron chi connectivity index (χ1n) is 17.1. The van der Waals surface area contributed by atoms with Crippen molar-refractivity contribution in [2.24, 2.45) is 0 Å². The Morgan fingerprint density at radius 1 is 0.772 bits per heavy atom. The normalized spacial score (nSPS) is 12.0. The third-order valence-corrected chi connectivity index (χ3v) is 11.0. The van der Waals surface area contributed by atoms with Crippen LogP contribution in [0.1, 0.15) is 22.3 Å². The van der Waals surface area contributed by atoms with Gasteiger partial charge in [-0.25, -0.2) is 17.8 Å². The molecule has 2 aromatic heterocycles. The van der Waals surface area contributed by atoms with Gasteiger partial charge in [0.05, 0.1) is 50.0 Å². The summed E-state index contributed by atoms with van der Waals surface area (Å²) in [6, 6.07) is 23.5. The van der Waals surface area contributed by atoms with Gasteiger partial charge in [0.15, 0.2) is 5.95 Å². The van der Waals surface area contributed by atoms with Gasteiger partial charge in [0.25, 0.3) is 0 Å². The number of rotatable bonds is 13. The average molecular weight is 803 g/mol. The summed E-state index contributed by atoms with van der Waals surface area (Å²) in [4.78, 5) is 6.92. The van der Waals surface area contributed by atoms with Crippen molar-refractivity contribution in [1.29, 1.82) is 0 Å². The van der Waals surface area contributed by atoms with Gasteiger partial charge in [-0.15, -0.1) is 10.2 Å². The van der Waals surface area contributed by atoms with Gasteiger partial charge in [-0.1, -0.05) is 42.5 Å². The maximum Gasteiger partial charge on any atom is 0.417 e. The Labute approximate surface area is 323 Å². The number of H-pyrrole nitrogens is 1. The van der Waals surface area contributed by atoms with Crippen LogP contribution in [0.4, 0.5) is 23.5 Å². The number of halogens is 4. The monoisotopic (exact) mass is 802 g/mol. The lowest BCUT2D eigenvalue weighted by atomic mass is 9.95. The molecular formula is C39H34F4N8O5S. The summed E-state index contributed by atoms with van der Waals surface area (Å²) in [7, 11) is -0.751. The Bertz CT molecular complexity index is 2600. The summed E-state index contributed by atoms with van der Waals surface area (Å²) in [6.07, 6.45) is -5.21. The van der Waals surface area contributed by atoms with E-state index in [1.165, 1.54) is 21.3 Å². The number of nitrogens with zero attached hydrogens (tertiary/aromatic N) is 6. The van der Waals surface area contributed by atoms with Crippen molar-refractivity contribution in [3.05, 3.63) is 125 Å². The van der Waals surface area contributed by atoms with Gasteiger partial charge in [-0.2, -0.15) is 22.3 Å². The van der Waals surface area contributed by atoms with Gasteiger partial charge in [-0.05, 0) is 82.1 Å². The van der Waals surface area contributed by atoms with Crippen LogP contribution in [0.25, 0.3) is 33.5 Å². The molecule has 57 heavy (non-hydrogen) atoms. The number of anilines is 1. The number of fused-ring (bicyclic) bond motifs is 1. The Hall–Kier alpha value is -6.53. The topological polar surface area (TPSA) is 163 Å². The molecule has 0 fully saturated rings. The summed E-state index contributed by atoms with van der Waals surface area (Å²) < 4.78 is 108. The molecular weight excluding hydrogens is 769 g/mol. The van der Waals surface area contributed by atoms with Gasteiger partial charge in [-0.3, -0.25) is 0 Å². The molecule has 7 aromatic rings. The van der Waals surface area contributed by atoms with E-state index < -0.39 is 43.9 Å². The van der Waals surface area contributed by atoms with Crippen LogP contribution >= 0.6 is 0 Å². The number of sulfonamides is 1. The molecule has 7 rings (SSSR count). The molecule has 2 heterocycles. The van der Waals surface area contributed by atoms with Crippen LogP contribution in [-0.2, 0) is 35.8 Å². The number of aromatic nitrogens is 6. The molecule has 0 spiro atoms. The van der Waals surface area contributed by atoms with E-state index in [4.69, 9.17) is 19.9 Å². The minimum Gasteiger partial charge on any atom is -0.497 e. The van der Waals surface area contributed by atoms with Crippen LogP contribution in [0.15, 0.2) is 102 Å². The standard InChI is InChI=1S/C39H34F4N8O5S/c1-54-27-10-4-23(5-11-27)20-50(21-24-6-12-28(55-2)13-7-24)57(52,53)36-32(39(41,42)43)17-16-30(31-18-26(40)19-33-35(31)46-38(44)45-33)34(36)37-47-49-51(48-37)22-25-8-14-29(56-3)15-9-25/h4-19H,20-22H2,1-3H3,(H3,44,45,46). The van der Waals surface area contributed by atoms with Crippen molar-refractivity contribution in [1.82, 2.24) is 34.5 Å². The molecule has 0 amide bonds. The lowest BCUT2D eigenvalue weighted by molar-refractivity contribution is -0.139. The lowest BCUT2D eigenvalue weighted by Crippen LogP contribution is -2.32. The van der Waals surface area contributed by atoms with Gasteiger partial charge in [0.2, 0.25) is 15.8 Å². The Balaban J connectivity index is 1.48. The predicted octanol–water partition coefficient (Wildman–Crippen LogP) is 7.09. The summed E-state index contributed by atoms with van der Waals surface area (Å²) in [5.74, 6) is 0.186. The molecule has 0 saturated carbocycles. The van der Waals surface area contributed by atoms with Gasteiger partial charge < -0.3 is 24.9 Å². The van der Waals surface area contributed by atoms with Crippen LogP contribution in [0.3, 0.4) is 0 Å². The molecule has 294 valence electrons. The fraction of sp³-hybridized carbons (Fsp3) is 0.179. The molecule has 0 atom stereocenters. The summed E-state index contributed by atoms with van der Waals surface area (Å²) in [5, 5.41) is 12.6. The average Bonchev–Trinajstić information content (AvgIpc) is 3.82. The number of ether oxygens (including phenoxy) is 3. The van der Waals surface area contributed by atoms with E-state index in [0.29, 0.717) is 40.0 Å². The molecule has 0 unspecified atom stereocenters. The van der Waals surface area contributed by atoms with Crippen LogP contribution < -0.4 is 19.9 Å². The first kappa shape index (κ1) is 38.7. The van der Waals surface area contributed by atoms with Crippen LogP contribution in [-0.4, -0.2) is 64.2 Å². The zero-order chi connectivity index (χ0) is 40.5. The fourth-order valence-corrected chi connectivity index (χ4v) is 8.17. The van der Waals surface area contributed by atoms with Crippen molar-refractivity contribution in [3.63, 3.8) is 0 Å². The third kappa shape index (κ3) is 8.08. The molecule has 5 aromatic carbocycles. The number of alkyl halides is 3. The fourth-order valence-electron chi connectivity index (χ4n) is 6.36. The lowest BCUT2D eigenvalue weighted by Gasteiger charge is -2.27. The van der Waals surface area contributed by atoms with E-state index >= 15 is 26.0 Å². The van der Waals surface area contributed by atoms with Crippen molar-refractivity contribution in [2.45, 2.75) is 30.7 Å². The van der Waals surface area contributed by atoms with E-state index in [0.717, 1.165) is 27.3 Å². The van der Waals surface area contributed by atoms with Crippen molar-refractivity contribution in [3.8, 4) is 39.8 Å². The Kier molecular flexibility index (Phi) is 10.6. The number of nitrogens with one attached hydrogen (secondary N) is 1. The number of tetrazole rings is 1. The van der Waals surface area contributed by atoms with Crippen LogP contribution in [0, 0.1) is 5.82 Å². The van der Waals surface area contributed by atoms with Crippen molar-refractivity contribution < 1.29 is 40.2 Å². The number of benzene rings is 5. The second-order valence-corrected chi connectivity index (χ2v) is 14.7. The highest BCUT2D eigenvalue weighted by Crippen LogP contribution is 2.46. The first-order chi connectivity index (χ1) is 27.3. The van der Waals surface area contributed by atoms with Crippen molar-refractivity contribution >= 4 is 27.0 Å². The summed E-state index contributed by atoms with van der Waals surface area (Å²) in [5.41, 5.74) is 5.38. The Morgan fingerprint density at radius 2 is 1.32 bits per heavy atom. The third-order valence-electron chi connectivity index (χ3n) is 9.12. The number of imidazole rings is 1. The van der Waals surface area contributed by atoms with Gasteiger partial charge in [0.1, 0.15) is 28.0 Å². The molecule has 13 nitrogen and oxygen atoms in total. The molecule has 18 heteroatoms. The van der Waals surface area contributed by atoms with Gasteiger partial charge in [0, 0.05) is 18.7 Å². The smallest absolute Gasteiger partial charge is 0.417 e. The van der Waals surface area contributed by atoms with Crippen LogP contribution in [0.5, 0.6) is 17.2 Å². The van der Waals surface area contributed by atoms with E-state index in [2.05, 4.69) is 25.4 Å². The number of methoxy groups -OCH3 is 3. The minimum absolute atomic E-state index is 0.00848. The number of hydrogen-bond acceptors (Lipinski definition) is 10. The van der Waals surface area contributed by atoms with E-state index in [1.807, 2.05) is 0 Å². The molecule has 0 bridgehead atoms. The Morgan fingerprint density at radius 3 is 1.84 bits per heavy atom. The zero-order valence-electron chi connectivity index (χ0n) is 30.6. The second-order valence-electron chi connectivity index (χ2n) is 12.8. The number of nitrogen functional groups attached to an aromatic ring is 1. The maximum atomic E-state index is 15.3. The van der Waals surface area contributed by atoms with E-state index in [1.54, 1.807) is 72.8 Å². The molecule has 0 aliphatic heterocycles. The maximum absolute atomic E-state index is 15.3. The molecule has 0 aliphatic carbocycles. The SMILES string of the molecule is COc1ccc(CN(Cc2ccc(OC)cc2)S(=O)(=O)c2c(C(F)(F)F)ccc(-c3cc(F)cc4[nH]c(N)nc34)c2-c2nnn(Cc3ccc(OC)cc3)n2)cc1. The van der Waals surface area contributed by atoms with Crippen molar-refractivity contribution in [2.75, 3.05) is 27.1 Å². The summed E-state index contributed by atoms with van der Waals surface area (Å²) in [6.45, 7) is -0.720. The number of nitrogens with two attached hydrogens (primary N) is 1. The van der Waals surface area contributed by atoms with E-state index in [9.17, 15) is 0 Å². The second kappa shape index (κ2) is 15.5. The first-order valence-corrected chi connectivity index (χ1v) is 18.6. The highest BCUT2D eigenvalue weighted by molar-refractivity contribution is 7.89. The van der Waals surface area contributed by atoms with E-state index in [-0.39, 0.29) is 47.7 Å². The molecule has 0 saturated heterocycles.